The van der Waals surface area contributed by atoms with Crippen LogP contribution >= 0.6 is 11.6 Å². The molecule has 1 aromatic heterocycles. The average molecular weight is 328 g/mol. The van der Waals surface area contributed by atoms with E-state index in [2.05, 4.69) is 15.0 Å². The average Bonchev–Trinajstić information content (AvgIpc) is 2.82. The van der Waals surface area contributed by atoms with E-state index in [4.69, 9.17) is 11.6 Å². The molecule has 1 amide bonds. The van der Waals surface area contributed by atoms with Crippen molar-refractivity contribution in [1.29, 1.82) is 0 Å². The Bertz CT molecular complexity index is 738. The third-order valence-corrected chi connectivity index (χ3v) is 3.43. The number of aromatic nitrogens is 1. The van der Waals surface area contributed by atoms with E-state index in [0.717, 1.165) is 11.8 Å². The van der Waals surface area contributed by atoms with Gasteiger partial charge in [-0.2, -0.15) is 0 Å². The summed E-state index contributed by atoms with van der Waals surface area (Å²) in [7, 11) is -3.29. The van der Waals surface area contributed by atoms with Gasteiger partial charge in [-0.1, -0.05) is 23.7 Å². The first-order valence-corrected chi connectivity index (χ1v) is 8.29. The van der Waals surface area contributed by atoms with E-state index in [-0.39, 0.29) is 5.91 Å². The lowest BCUT2D eigenvalue weighted by Crippen LogP contribution is -2.23. The molecule has 1 heterocycles. The number of amides is 1. The number of hydrogen-bond donors (Lipinski definition) is 3. The minimum absolute atomic E-state index is 0.264. The van der Waals surface area contributed by atoms with Gasteiger partial charge in [-0.15, -0.1) is 0 Å². The molecule has 0 radical (unpaired) electrons. The van der Waals surface area contributed by atoms with Crippen LogP contribution in [0.25, 0.3) is 0 Å². The van der Waals surface area contributed by atoms with Crippen LogP contribution in [0.1, 0.15) is 16.1 Å². The maximum absolute atomic E-state index is 11.8. The number of benzene rings is 1. The summed E-state index contributed by atoms with van der Waals surface area (Å²) in [6, 6.07) is 8.27. The molecule has 0 saturated carbocycles. The Morgan fingerprint density at radius 2 is 1.95 bits per heavy atom. The molecule has 21 heavy (non-hydrogen) atoms. The third kappa shape index (κ3) is 4.80. The lowest BCUT2D eigenvalue weighted by Gasteiger charge is -2.06. The third-order valence-electron chi connectivity index (χ3n) is 2.60. The van der Waals surface area contributed by atoms with Crippen LogP contribution in [0.2, 0.25) is 5.02 Å². The predicted molar refractivity (Wildman–Crippen MR) is 81.9 cm³/mol. The highest BCUT2D eigenvalue weighted by Crippen LogP contribution is 2.12. The molecule has 0 saturated heterocycles. The van der Waals surface area contributed by atoms with Crippen molar-refractivity contribution < 1.29 is 13.2 Å². The number of sulfonamides is 1. The quantitative estimate of drug-likeness (QED) is 0.784. The molecule has 2 aromatic rings. The minimum Gasteiger partial charge on any atom is -0.356 e. The number of carbonyl (C=O) groups excluding carboxylic acids is 1. The zero-order valence-corrected chi connectivity index (χ0v) is 12.8. The number of aromatic amines is 1. The number of rotatable bonds is 5. The van der Waals surface area contributed by atoms with Crippen molar-refractivity contribution in [2.75, 3.05) is 11.0 Å². The Hall–Kier alpha value is -1.99. The minimum atomic E-state index is -3.29. The molecule has 0 aliphatic heterocycles. The molecule has 2 rings (SSSR count). The van der Waals surface area contributed by atoms with E-state index >= 15 is 0 Å². The van der Waals surface area contributed by atoms with Crippen molar-refractivity contribution in [3.63, 3.8) is 0 Å². The van der Waals surface area contributed by atoms with Crippen LogP contribution in [-0.4, -0.2) is 25.6 Å². The number of hydrogen-bond acceptors (Lipinski definition) is 3. The highest BCUT2D eigenvalue weighted by molar-refractivity contribution is 7.92. The fraction of sp³-hybridized carbons (Fsp3) is 0.154. The van der Waals surface area contributed by atoms with E-state index in [1.165, 1.54) is 12.3 Å². The number of anilines is 1. The Kier molecular flexibility index (Phi) is 4.54. The van der Waals surface area contributed by atoms with Crippen molar-refractivity contribution in [2.45, 2.75) is 6.54 Å². The van der Waals surface area contributed by atoms with Gasteiger partial charge in [0, 0.05) is 18.4 Å². The molecular weight excluding hydrogens is 314 g/mol. The lowest BCUT2D eigenvalue weighted by molar-refractivity contribution is 0.0946. The van der Waals surface area contributed by atoms with Crippen LogP contribution in [-0.2, 0) is 16.6 Å². The summed E-state index contributed by atoms with van der Waals surface area (Å²) >= 11 is 5.72. The molecule has 0 spiro atoms. The molecule has 0 unspecified atom stereocenters. The van der Waals surface area contributed by atoms with Crippen LogP contribution in [0.3, 0.4) is 0 Å². The summed E-state index contributed by atoms with van der Waals surface area (Å²) in [5.74, 6) is -0.264. The van der Waals surface area contributed by atoms with Crippen LogP contribution in [0, 0.1) is 0 Å². The van der Waals surface area contributed by atoms with E-state index in [1.807, 2.05) is 0 Å². The molecule has 1 aromatic carbocycles. The Labute approximate surface area is 127 Å². The second-order valence-electron chi connectivity index (χ2n) is 4.49. The smallest absolute Gasteiger partial charge is 0.268 e. The number of H-pyrrole nitrogens is 1. The van der Waals surface area contributed by atoms with Crippen molar-refractivity contribution in [3.8, 4) is 0 Å². The van der Waals surface area contributed by atoms with Crippen LogP contribution in [0.15, 0.2) is 36.5 Å². The van der Waals surface area contributed by atoms with Crippen molar-refractivity contribution in [2.24, 2.45) is 0 Å². The molecule has 0 aliphatic rings. The van der Waals surface area contributed by atoms with Gasteiger partial charge >= 0.3 is 0 Å². The highest BCUT2D eigenvalue weighted by atomic mass is 35.5. The Morgan fingerprint density at radius 3 is 2.48 bits per heavy atom. The van der Waals surface area contributed by atoms with Gasteiger partial charge in [0.25, 0.3) is 5.91 Å². The van der Waals surface area contributed by atoms with Gasteiger partial charge in [-0.05, 0) is 23.8 Å². The second kappa shape index (κ2) is 6.19. The van der Waals surface area contributed by atoms with E-state index in [1.54, 1.807) is 24.3 Å². The molecule has 6 nitrogen and oxygen atoms in total. The normalized spacial score (nSPS) is 11.1. The van der Waals surface area contributed by atoms with Gasteiger partial charge in [0.15, 0.2) is 0 Å². The number of nitrogens with one attached hydrogen (secondary N) is 3. The number of carbonyl (C=O) groups is 1. The van der Waals surface area contributed by atoms with E-state index in [0.29, 0.717) is 22.9 Å². The summed E-state index contributed by atoms with van der Waals surface area (Å²) in [5, 5.41) is 3.20. The van der Waals surface area contributed by atoms with Crippen LogP contribution < -0.4 is 10.0 Å². The van der Waals surface area contributed by atoms with Gasteiger partial charge in [-0.25, -0.2) is 8.42 Å². The molecule has 112 valence electrons. The molecule has 8 heteroatoms. The monoisotopic (exact) mass is 327 g/mol. The van der Waals surface area contributed by atoms with Gasteiger partial charge < -0.3 is 10.3 Å². The standard InChI is InChI=1S/C13H14ClN3O3S/c1-21(19,20)17-11-4-2-9(3-5-11)7-16-13(18)12-6-10(14)8-15-12/h2-6,8,15,17H,7H2,1H3,(H,16,18). The predicted octanol–water partition coefficient (Wildman–Crippen LogP) is 1.97. The first kappa shape index (κ1) is 15.4. The molecule has 0 atom stereocenters. The van der Waals surface area contributed by atoms with Gasteiger partial charge in [0.1, 0.15) is 5.69 Å². The Balaban J connectivity index is 1.93. The van der Waals surface area contributed by atoms with Crippen molar-refractivity contribution in [3.05, 3.63) is 52.8 Å². The molecule has 0 aliphatic carbocycles. The van der Waals surface area contributed by atoms with Crippen LogP contribution in [0.5, 0.6) is 0 Å². The first-order chi connectivity index (χ1) is 9.83. The van der Waals surface area contributed by atoms with E-state index < -0.39 is 10.0 Å². The summed E-state index contributed by atoms with van der Waals surface area (Å²) in [6.07, 6.45) is 2.62. The van der Waals surface area contributed by atoms with Gasteiger partial charge in [0.05, 0.1) is 11.3 Å². The Morgan fingerprint density at radius 1 is 1.29 bits per heavy atom. The fourth-order valence-electron chi connectivity index (χ4n) is 1.68. The highest BCUT2D eigenvalue weighted by Gasteiger charge is 2.07. The van der Waals surface area contributed by atoms with Crippen LogP contribution in [0.4, 0.5) is 5.69 Å². The number of halogens is 1. The van der Waals surface area contributed by atoms with Crippen molar-refractivity contribution in [1.82, 2.24) is 10.3 Å². The molecular formula is C13H14ClN3O3S. The first-order valence-electron chi connectivity index (χ1n) is 6.02. The summed E-state index contributed by atoms with van der Waals surface area (Å²) in [4.78, 5) is 14.5. The largest absolute Gasteiger partial charge is 0.356 e. The van der Waals surface area contributed by atoms with Gasteiger partial charge in [0.2, 0.25) is 10.0 Å². The zero-order chi connectivity index (χ0) is 15.5. The molecule has 0 fully saturated rings. The summed E-state index contributed by atoms with van der Waals surface area (Å²) in [5.41, 5.74) is 1.71. The van der Waals surface area contributed by atoms with Gasteiger partial charge in [-0.3, -0.25) is 9.52 Å². The second-order valence-corrected chi connectivity index (χ2v) is 6.67. The summed E-state index contributed by atoms with van der Waals surface area (Å²) in [6.45, 7) is 0.328. The molecule has 0 bridgehead atoms. The van der Waals surface area contributed by atoms with Crippen molar-refractivity contribution >= 4 is 33.2 Å². The summed E-state index contributed by atoms with van der Waals surface area (Å²) < 4.78 is 24.5. The van der Waals surface area contributed by atoms with E-state index in [9.17, 15) is 13.2 Å². The maximum Gasteiger partial charge on any atom is 0.268 e. The SMILES string of the molecule is CS(=O)(=O)Nc1ccc(CNC(=O)c2cc(Cl)c[nH]2)cc1. The fourth-order valence-corrected chi connectivity index (χ4v) is 2.41. The lowest BCUT2D eigenvalue weighted by atomic mass is 10.2. The zero-order valence-electron chi connectivity index (χ0n) is 11.2. The maximum atomic E-state index is 11.8. The topological polar surface area (TPSA) is 91.1 Å². The molecule has 3 N–H and O–H groups in total.